The maximum Gasteiger partial charge on any atom is 0.224 e. The highest BCUT2D eigenvalue weighted by Gasteiger charge is 2.18. The molecule has 0 aliphatic rings. The first-order chi connectivity index (χ1) is 9.08. The Labute approximate surface area is 130 Å². The molecule has 0 saturated heterocycles. The zero-order chi connectivity index (χ0) is 15.5. The summed E-state index contributed by atoms with van der Waals surface area (Å²) in [6.07, 6.45) is 1.53. The summed E-state index contributed by atoms with van der Waals surface area (Å²) in [5.74, 6) is 0.360. The third-order valence-corrected chi connectivity index (χ3v) is 3.65. The number of carbonyl (C=O) groups is 1. The molecule has 3 nitrogen and oxygen atoms in total. The van der Waals surface area contributed by atoms with Gasteiger partial charge in [-0.2, -0.15) is 0 Å². The number of halogens is 1. The minimum Gasteiger partial charge on any atom is -0.397 e. The molecule has 0 aliphatic heterocycles. The number of hydrogen-bond donors (Lipinski definition) is 2. The predicted octanol–water partition coefficient (Wildman–Crippen LogP) is 4.74. The zero-order valence-electron chi connectivity index (χ0n) is 13.0. The van der Waals surface area contributed by atoms with Crippen molar-refractivity contribution < 1.29 is 4.79 Å². The molecule has 4 heteroatoms. The average molecular weight is 341 g/mol. The molecule has 1 aromatic rings. The van der Waals surface area contributed by atoms with Crippen LogP contribution < -0.4 is 11.1 Å². The number of benzene rings is 1. The Kier molecular flexibility index (Phi) is 5.63. The van der Waals surface area contributed by atoms with E-state index in [2.05, 4.69) is 48.9 Å². The lowest BCUT2D eigenvalue weighted by atomic mass is 9.84. The highest BCUT2D eigenvalue weighted by atomic mass is 79.9. The van der Waals surface area contributed by atoms with Gasteiger partial charge in [-0.1, -0.05) is 27.7 Å². The molecule has 3 N–H and O–H groups in total. The van der Waals surface area contributed by atoms with Crippen LogP contribution in [0.5, 0.6) is 0 Å². The van der Waals surface area contributed by atoms with E-state index in [0.717, 1.165) is 16.5 Å². The van der Waals surface area contributed by atoms with Gasteiger partial charge in [0, 0.05) is 10.9 Å². The molecule has 20 heavy (non-hydrogen) atoms. The molecule has 0 radical (unpaired) electrons. The fourth-order valence-corrected chi connectivity index (χ4v) is 3.21. The molecule has 0 bridgehead atoms. The molecule has 1 rings (SSSR count). The molecule has 0 aromatic heterocycles. The number of carbonyl (C=O) groups excluding carboxylic acids is 1. The van der Waals surface area contributed by atoms with E-state index in [0.29, 0.717) is 23.7 Å². The first kappa shape index (κ1) is 17.0. The number of aryl methyl sites for hydroxylation is 1. The Hall–Kier alpha value is -1.03. The molecule has 1 unspecified atom stereocenters. The van der Waals surface area contributed by atoms with Crippen LogP contribution in [0, 0.1) is 18.3 Å². The van der Waals surface area contributed by atoms with E-state index in [1.54, 1.807) is 0 Å². The second-order valence-corrected chi connectivity index (χ2v) is 7.69. The minimum absolute atomic E-state index is 0.0120. The number of anilines is 2. The lowest BCUT2D eigenvalue weighted by Gasteiger charge is -2.23. The van der Waals surface area contributed by atoms with Crippen molar-refractivity contribution in [1.29, 1.82) is 0 Å². The standard InChI is InChI=1S/C16H25BrN2O/c1-10-6-12(17)15(13(18)7-10)19-14(20)8-11(2)9-16(3,4)5/h6-7,11H,8-9,18H2,1-5H3,(H,19,20). The van der Waals surface area contributed by atoms with Crippen LogP contribution >= 0.6 is 15.9 Å². The summed E-state index contributed by atoms with van der Waals surface area (Å²) < 4.78 is 0.826. The van der Waals surface area contributed by atoms with E-state index >= 15 is 0 Å². The van der Waals surface area contributed by atoms with Crippen LogP contribution in [0.2, 0.25) is 0 Å². The van der Waals surface area contributed by atoms with Crippen molar-refractivity contribution in [2.75, 3.05) is 11.1 Å². The van der Waals surface area contributed by atoms with Gasteiger partial charge in [0.25, 0.3) is 0 Å². The molecule has 0 saturated carbocycles. The van der Waals surface area contributed by atoms with Gasteiger partial charge in [0.15, 0.2) is 0 Å². The van der Waals surface area contributed by atoms with Gasteiger partial charge in [-0.3, -0.25) is 4.79 Å². The van der Waals surface area contributed by atoms with E-state index in [9.17, 15) is 4.79 Å². The van der Waals surface area contributed by atoms with Crippen LogP contribution in [-0.2, 0) is 4.79 Å². The molecule has 0 fully saturated rings. The van der Waals surface area contributed by atoms with Crippen molar-refractivity contribution in [2.24, 2.45) is 11.3 Å². The third-order valence-electron chi connectivity index (χ3n) is 3.02. The second-order valence-electron chi connectivity index (χ2n) is 6.83. The van der Waals surface area contributed by atoms with Gasteiger partial charge >= 0.3 is 0 Å². The third kappa shape index (κ3) is 5.53. The summed E-state index contributed by atoms with van der Waals surface area (Å²) in [5.41, 5.74) is 8.52. The second kappa shape index (κ2) is 6.61. The van der Waals surface area contributed by atoms with Crippen molar-refractivity contribution in [3.63, 3.8) is 0 Å². The molecule has 0 aliphatic carbocycles. The monoisotopic (exact) mass is 340 g/mol. The van der Waals surface area contributed by atoms with Gasteiger partial charge in [0.2, 0.25) is 5.91 Å². The summed E-state index contributed by atoms with van der Waals surface area (Å²) in [6, 6.07) is 3.81. The van der Waals surface area contributed by atoms with Crippen molar-refractivity contribution in [2.45, 2.75) is 47.5 Å². The maximum atomic E-state index is 12.1. The van der Waals surface area contributed by atoms with Crippen LogP contribution in [0.1, 0.15) is 46.1 Å². The first-order valence-electron chi connectivity index (χ1n) is 6.94. The normalized spacial score (nSPS) is 13.1. The van der Waals surface area contributed by atoms with Crippen LogP contribution in [0.3, 0.4) is 0 Å². The summed E-state index contributed by atoms with van der Waals surface area (Å²) >= 11 is 3.45. The summed E-state index contributed by atoms with van der Waals surface area (Å²) in [6.45, 7) is 10.7. The van der Waals surface area contributed by atoms with Crippen molar-refractivity contribution in [1.82, 2.24) is 0 Å². The van der Waals surface area contributed by atoms with Crippen molar-refractivity contribution >= 4 is 33.2 Å². The van der Waals surface area contributed by atoms with Crippen LogP contribution in [0.15, 0.2) is 16.6 Å². The predicted molar refractivity (Wildman–Crippen MR) is 89.8 cm³/mol. The summed E-state index contributed by atoms with van der Waals surface area (Å²) in [5, 5.41) is 2.91. The number of nitrogens with two attached hydrogens (primary N) is 1. The zero-order valence-corrected chi connectivity index (χ0v) is 14.6. The van der Waals surface area contributed by atoms with Crippen molar-refractivity contribution in [3.8, 4) is 0 Å². The van der Waals surface area contributed by atoms with Crippen molar-refractivity contribution in [3.05, 3.63) is 22.2 Å². The fourth-order valence-electron chi connectivity index (χ4n) is 2.53. The Morgan fingerprint density at radius 1 is 1.40 bits per heavy atom. The number of rotatable bonds is 4. The van der Waals surface area contributed by atoms with Crippen LogP contribution in [0.25, 0.3) is 0 Å². The Balaban J connectivity index is 2.68. The molecular formula is C16H25BrN2O. The van der Waals surface area contributed by atoms with Gasteiger partial charge in [0.1, 0.15) is 0 Å². The number of nitrogens with one attached hydrogen (secondary N) is 1. The topological polar surface area (TPSA) is 55.1 Å². The van der Waals surface area contributed by atoms with E-state index < -0.39 is 0 Å². The summed E-state index contributed by atoms with van der Waals surface area (Å²) in [7, 11) is 0. The lowest BCUT2D eigenvalue weighted by Crippen LogP contribution is -2.19. The van der Waals surface area contributed by atoms with Gasteiger partial charge in [-0.15, -0.1) is 0 Å². The number of nitrogen functional groups attached to an aromatic ring is 1. The molecule has 1 aromatic carbocycles. The quantitative estimate of drug-likeness (QED) is 0.777. The lowest BCUT2D eigenvalue weighted by molar-refractivity contribution is -0.117. The first-order valence-corrected chi connectivity index (χ1v) is 7.73. The molecule has 1 amide bonds. The molecule has 0 spiro atoms. The van der Waals surface area contributed by atoms with Gasteiger partial charge < -0.3 is 11.1 Å². The average Bonchev–Trinajstić information content (AvgIpc) is 2.20. The van der Waals surface area contributed by atoms with Gasteiger partial charge in [-0.25, -0.2) is 0 Å². The Morgan fingerprint density at radius 2 is 2.00 bits per heavy atom. The highest BCUT2D eigenvalue weighted by molar-refractivity contribution is 9.10. The minimum atomic E-state index is 0.0120. The van der Waals surface area contributed by atoms with Crippen LogP contribution in [0.4, 0.5) is 11.4 Å². The number of hydrogen-bond acceptors (Lipinski definition) is 2. The smallest absolute Gasteiger partial charge is 0.224 e. The van der Waals surface area contributed by atoms with E-state index in [4.69, 9.17) is 5.73 Å². The molecule has 0 heterocycles. The van der Waals surface area contributed by atoms with Crippen LogP contribution in [-0.4, -0.2) is 5.91 Å². The molecule has 112 valence electrons. The molecule has 1 atom stereocenters. The van der Waals surface area contributed by atoms with E-state index in [-0.39, 0.29) is 11.3 Å². The largest absolute Gasteiger partial charge is 0.397 e. The highest BCUT2D eigenvalue weighted by Crippen LogP contribution is 2.31. The van der Waals surface area contributed by atoms with E-state index in [1.807, 2.05) is 19.1 Å². The van der Waals surface area contributed by atoms with Gasteiger partial charge in [-0.05, 0) is 58.3 Å². The number of amides is 1. The van der Waals surface area contributed by atoms with Gasteiger partial charge in [0.05, 0.1) is 11.4 Å². The Morgan fingerprint density at radius 3 is 2.50 bits per heavy atom. The maximum absolute atomic E-state index is 12.1. The molecular weight excluding hydrogens is 316 g/mol. The SMILES string of the molecule is Cc1cc(N)c(NC(=O)CC(C)CC(C)(C)C)c(Br)c1. The Bertz CT molecular complexity index is 469. The fraction of sp³-hybridized carbons (Fsp3) is 0.562. The summed E-state index contributed by atoms with van der Waals surface area (Å²) in [4.78, 5) is 12.1. The van der Waals surface area contributed by atoms with E-state index in [1.165, 1.54) is 0 Å².